The maximum Gasteiger partial charge on any atom is 0.257 e. The number of unbranched alkanes of at least 4 members (excludes halogenated alkanes) is 6. The highest BCUT2D eigenvalue weighted by Gasteiger charge is 2.39. The van der Waals surface area contributed by atoms with E-state index in [9.17, 15) is 14.4 Å². The van der Waals surface area contributed by atoms with Crippen molar-refractivity contribution in [2.45, 2.75) is 104 Å². The number of hydrogen-bond donors (Lipinski definition) is 1. The van der Waals surface area contributed by atoms with Gasteiger partial charge >= 0.3 is 0 Å². The normalized spacial score (nSPS) is 17.3. The van der Waals surface area contributed by atoms with Crippen LogP contribution >= 0.6 is 0 Å². The molecule has 0 aromatic carbocycles. The minimum atomic E-state index is -0.337. The highest BCUT2D eigenvalue weighted by Crippen LogP contribution is 2.28. The van der Waals surface area contributed by atoms with Crippen LogP contribution in [0.5, 0.6) is 0 Å². The van der Waals surface area contributed by atoms with Gasteiger partial charge in [-0.25, -0.2) is 0 Å². The van der Waals surface area contributed by atoms with Gasteiger partial charge in [-0.2, -0.15) is 0 Å². The molecule has 186 valence electrons. The first-order valence-electron chi connectivity index (χ1n) is 12.7. The van der Waals surface area contributed by atoms with E-state index in [1.165, 1.54) is 17.4 Å². The number of nitrogens with zero attached hydrogens (tertiary/aromatic N) is 1. The first-order valence-corrected chi connectivity index (χ1v) is 12.7. The number of methoxy groups -OCH3 is 1. The summed E-state index contributed by atoms with van der Waals surface area (Å²) in [4.78, 5) is 39.1. The lowest BCUT2D eigenvalue weighted by atomic mass is 10.00. The maximum absolute atomic E-state index is 13.0. The van der Waals surface area contributed by atoms with E-state index in [1.807, 2.05) is 13.8 Å². The molecule has 1 heterocycles. The van der Waals surface area contributed by atoms with Crippen LogP contribution in [0, 0.1) is 24.2 Å². The molecule has 1 aliphatic rings. The first kappa shape index (κ1) is 28.7. The third kappa shape index (κ3) is 10.0. The molecular weight excluding hydrogens is 416 g/mol. The van der Waals surface area contributed by atoms with E-state index in [2.05, 4.69) is 18.2 Å². The Labute approximate surface area is 200 Å². The zero-order valence-electron chi connectivity index (χ0n) is 21.2. The van der Waals surface area contributed by atoms with Crippen molar-refractivity contribution in [3.63, 3.8) is 0 Å². The molecule has 0 spiro atoms. The van der Waals surface area contributed by atoms with Crippen molar-refractivity contribution in [3.05, 3.63) is 11.8 Å². The van der Waals surface area contributed by atoms with Crippen LogP contribution in [0.15, 0.2) is 11.8 Å². The first-order chi connectivity index (χ1) is 15.9. The second kappa shape index (κ2) is 16.3. The highest BCUT2D eigenvalue weighted by molar-refractivity contribution is 6.04. The van der Waals surface area contributed by atoms with Gasteiger partial charge in [-0.05, 0) is 32.1 Å². The molecule has 0 radical (unpaired) electrons. The molecule has 0 saturated carbocycles. The van der Waals surface area contributed by atoms with E-state index in [1.54, 1.807) is 7.11 Å². The number of amides is 3. The zero-order chi connectivity index (χ0) is 24.6. The highest BCUT2D eigenvalue weighted by atomic mass is 16.5. The summed E-state index contributed by atoms with van der Waals surface area (Å²) in [6.07, 6.45) is 17.6. The number of rotatable bonds is 17. The van der Waals surface area contributed by atoms with Gasteiger partial charge in [0.25, 0.3) is 5.91 Å². The fourth-order valence-corrected chi connectivity index (χ4v) is 4.19. The van der Waals surface area contributed by atoms with E-state index in [0.717, 1.165) is 57.8 Å². The van der Waals surface area contributed by atoms with Crippen LogP contribution in [0.25, 0.3) is 0 Å². The molecule has 1 rings (SSSR count). The van der Waals surface area contributed by atoms with E-state index in [-0.39, 0.29) is 35.6 Å². The second-order valence-corrected chi connectivity index (χ2v) is 9.20. The number of nitrogens with one attached hydrogen (secondary N) is 1. The summed E-state index contributed by atoms with van der Waals surface area (Å²) in [5.74, 6) is 2.70. The SMILES string of the molecule is C#CCCCC[C@@H](C)C(=O)N1C(=O)C=C(OC)[C@@H]1CCCCCNC(=O)[C@@H](C)CCCCC. The third-order valence-corrected chi connectivity index (χ3v) is 6.39. The lowest BCUT2D eigenvalue weighted by molar-refractivity contribution is -0.146. The minimum Gasteiger partial charge on any atom is -0.499 e. The average molecular weight is 461 g/mol. The van der Waals surface area contributed by atoms with Gasteiger partial charge in [-0.1, -0.05) is 59.3 Å². The fraction of sp³-hybridized carbons (Fsp3) is 0.741. The molecule has 0 saturated heterocycles. The Balaban J connectivity index is 2.43. The lowest BCUT2D eigenvalue weighted by Gasteiger charge is -2.27. The van der Waals surface area contributed by atoms with Gasteiger partial charge in [0.2, 0.25) is 11.8 Å². The van der Waals surface area contributed by atoms with Gasteiger partial charge < -0.3 is 10.1 Å². The molecule has 0 aliphatic carbocycles. The molecule has 1 aliphatic heterocycles. The summed E-state index contributed by atoms with van der Waals surface area (Å²) in [5.41, 5.74) is 0. The minimum absolute atomic E-state index is 0.0589. The quantitative estimate of drug-likeness (QED) is 0.245. The summed E-state index contributed by atoms with van der Waals surface area (Å²) < 4.78 is 5.41. The summed E-state index contributed by atoms with van der Waals surface area (Å²) in [6.45, 7) is 6.68. The van der Waals surface area contributed by atoms with Crippen molar-refractivity contribution >= 4 is 17.7 Å². The van der Waals surface area contributed by atoms with Crippen LogP contribution in [0.1, 0.15) is 97.8 Å². The summed E-state index contributed by atoms with van der Waals surface area (Å²) in [7, 11) is 1.54. The van der Waals surface area contributed by atoms with Crippen molar-refractivity contribution in [1.29, 1.82) is 0 Å². The third-order valence-electron chi connectivity index (χ3n) is 6.39. The number of carbonyl (C=O) groups excluding carboxylic acids is 3. The Hall–Kier alpha value is -2.29. The standard InChI is InChI=1S/C27H44N2O4/c1-6-8-10-13-17-22(4)27(32)29-23(24(33-5)20-25(29)30)18-14-11-15-19-28-26(31)21(3)16-12-9-7-2/h1,20-23H,7-19H2,2-5H3,(H,28,31)/t21-,22+,23-/m0/s1. The second-order valence-electron chi connectivity index (χ2n) is 9.20. The van der Waals surface area contributed by atoms with Gasteiger partial charge in [0.15, 0.2) is 0 Å². The van der Waals surface area contributed by atoms with Crippen LogP contribution in [-0.2, 0) is 19.1 Å². The van der Waals surface area contributed by atoms with Crippen LogP contribution < -0.4 is 5.32 Å². The van der Waals surface area contributed by atoms with E-state index >= 15 is 0 Å². The Morgan fingerprint density at radius 3 is 2.45 bits per heavy atom. The van der Waals surface area contributed by atoms with Crippen molar-refractivity contribution in [3.8, 4) is 12.3 Å². The predicted molar refractivity (Wildman–Crippen MR) is 132 cm³/mol. The molecule has 0 fully saturated rings. The zero-order valence-corrected chi connectivity index (χ0v) is 21.2. The van der Waals surface area contributed by atoms with E-state index < -0.39 is 0 Å². The Bertz CT molecular complexity index is 695. The number of hydrogen-bond acceptors (Lipinski definition) is 4. The van der Waals surface area contributed by atoms with E-state index in [4.69, 9.17) is 11.2 Å². The van der Waals surface area contributed by atoms with Gasteiger partial charge in [-0.15, -0.1) is 12.3 Å². The van der Waals surface area contributed by atoms with Gasteiger partial charge in [0, 0.05) is 30.9 Å². The monoisotopic (exact) mass is 460 g/mol. The number of carbonyl (C=O) groups is 3. The van der Waals surface area contributed by atoms with Crippen molar-refractivity contribution in [2.75, 3.05) is 13.7 Å². The summed E-state index contributed by atoms with van der Waals surface area (Å²) >= 11 is 0. The van der Waals surface area contributed by atoms with Crippen molar-refractivity contribution < 1.29 is 19.1 Å². The molecule has 0 unspecified atom stereocenters. The molecule has 0 bridgehead atoms. The number of terminal acetylenes is 1. The Morgan fingerprint density at radius 2 is 1.79 bits per heavy atom. The number of imide groups is 1. The summed E-state index contributed by atoms with van der Waals surface area (Å²) in [6, 6.07) is -0.337. The Kier molecular flexibility index (Phi) is 14.2. The molecule has 3 atom stereocenters. The van der Waals surface area contributed by atoms with Crippen LogP contribution in [0.2, 0.25) is 0 Å². The molecule has 0 aromatic heterocycles. The number of ether oxygens (including phenoxy) is 1. The smallest absolute Gasteiger partial charge is 0.257 e. The fourth-order valence-electron chi connectivity index (χ4n) is 4.19. The lowest BCUT2D eigenvalue weighted by Crippen LogP contribution is -2.43. The molecule has 6 heteroatoms. The van der Waals surface area contributed by atoms with E-state index in [0.29, 0.717) is 25.1 Å². The maximum atomic E-state index is 13.0. The largest absolute Gasteiger partial charge is 0.499 e. The molecular formula is C27H44N2O4. The molecule has 0 aromatic rings. The average Bonchev–Trinajstić information content (AvgIpc) is 3.13. The Morgan fingerprint density at radius 1 is 1.09 bits per heavy atom. The summed E-state index contributed by atoms with van der Waals surface area (Å²) in [5, 5.41) is 3.03. The van der Waals surface area contributed by atoms with Crippen molar-refractivity contribution in [2.24, 2.45) is 11.8 Å². The van der Waals surface area contributed by atoms with Crippen LogP contribution in [0.3, 0.4) is 0 Å². The van der Waals surface area contributed by atoms with Gasteiger partial charge in [0.1, 0.15) is 5.76 Å². The molecule has 3 amide bonds. The molecule has 33 heavy (non-hydrogen) atoms. The van der Waals surface area contributed by atoms with Crippen LogP contribution in [-0.4, -0.2) is 42.3 Å². The molecule has 1 N–H and O–H groups in total. The van der Waals surface area contributed by atoms with Gasteiger partial charge in [0.05, 0.1) is 13.2 Å². The van der Waals surface area contributed by atoms with Gasteiger partial charge in [-0.3, -0.25) is 19.3 Å². The molecule has 6 nitrogen and oxygen atoms in total. The predicted octanol–water partition coefficient (Wildman–Crippen LogP) is 4.98. The van der Waals surface area contributed by atoms with Crippen molar-refractivity contribution in [1.82, 2.24) is 10.2 Å². The topological polar surface area (TPSA) is 75.7 Å². The van der Waals surface area contributed by atoms with Crippen LogP contribution in [0.4, 0.5) is 0 Å².